The first-order chi connectivity index (χ1) is 11.9. The third kappa shape index (κ3) is 8.32. The van der Waals surface area contributed by atoms with Crippen LogP contribution in [0.4, 0.5) is 10.1 Å². The fourth-order valence-corrected chi connectivity index (χ4v) is 1.68. The molecular weight excluding hydrogens is 317 g/mol. The van der Waals surface area contributed by atoms with Gasteiger partial charge < -0.3 is 10.1 Å². The fraction of sp³-hybridized carbons (Fsp3) is 0.0952. The lowest BCUT2D eigenvalue weighted by Gasteiger charge is -2.07. The van der Waals surface area contributed by atoms with Crippen LogP contribution in [0.15, 0.2) is 85.2 Å². The predicted molar refractivity (Wildman–Crippen MR) is 101 cm³/mol. The van der Waals surface area contributed by atoms with Gasteiger partial charge in [-0.1, -0.05) is 30.9 Å². The SMILES string of the molecule is C=C(C)/C=C\C(=C)Oc1cccc(NC)c1.O=Cc1ccc(F)cc1. The fourth-order valence-electron chi connectivity index (χ4n) is 1.68. The zero-order chi connectivity index (χ0) is 18.7. The Morgan fingerprint density at radius 1 is 1.12 bits per heavy atom. The van der Waals surface area contributed by atoms with E-state index in [2.05, 4.69) is 18.5 Å². The Hall–Kier alpha value is -3.14. The highest BCUT2D eigenvalue weighted by Crippen LogP contribution is 2.19. The van der Waals surface area contributed by atoms with Crippen LogP contribution in [0.2, 0.25) is 0 Å². The van der Waals surface area contributed by atoms with E-state index in [1.54, 1.807) is 6.08 Å². The van der Waals surface area contributed by atoms with Crippen LogP contribution >= 0.6 is 0 Å². The van der Waals surface area contributed by atoms with Crippen LogP contribution in [-0.4, -0.2) is 13.3 Å². The molecule has 25 heavy (non-hydrogen) atoms. The summed E-state index contributed by atoms with van der Waals surface area (Å²) in [5.41, 5.74) is 2.47. The van der Waals surface area contributed by atoms with Gasteiger partial charge in [-0.15, -0.1) is 0 Å². The van der Waals surface area contributed by atoms with E-state index >= 15 is 0 Å². The second-order valence-corrected chi connectivity index (χ2v) is 5.20. The summed E-state index contributed by atoms with van der Waals surface area (Å²) in [5.74, 6) is 1.04. The Labute approximate surface area is 148 Å². The highest BCUT2D eigenvalue weighted by Gasteiger charge is 1.96. The summed E-state index contributed by atoms with van der Waals surface area (Å²) in [7, 11) is 1.87. The van der Waals surface area contributed by atoms with Crippen molar-refractivity contribution in [2.75, 3.05) is 12.4 Å². The highest BCUT2D eigenvalue weighted by atomic mass is 19.1. The number of anilines is 1. The van der Waals surface area contributed by atoms with E-state index in [1.165, 1.54) is 24.3 Å². The first-order valence-corrected chi connectivity index (χ1v) is 7.63. The van der Waals surface area contributed by atoms with E-state index in [1.807, 2.05) is 44.3 Å². The van der Waals surface area contributed by atoms with Crippen molar-refractivity contribution in [2.24, 2.45) is 0 Å². The minimum Gasteiger partial charge on any atom is -0.458 e. The number of benzene rings is 2. The molecule has 0 radical (unpaired) electrons. The van der Waals surface area contributed by atoms with Crippen molar-refractivity contribution in [1.29, 1.82) is 0 Å². The molecule has 0 amide bonds. The highest BCUT2D eigenvalue weighted by molar-refractivity contribution is 5.74. The lowest BCUT2D eigenvalue weighted by Crippen LogP contribution is -1.92. The average Bonchev–Trinajstić information content (AvgIpc) is 2.61. The Balaban J connectivity index is 0.000000293. The number of allylic oxidation sites excluding steroid dienone is 3. The van der Waals surface area contributed by atoms with E-state index in [0.29, 0.717) is 17.6 Å². The number of carbonyl (C=O) groups is 1. The molecule has 0 heterocycles. The van der Waals surface area contributed by atoms with Crippen molar-refractivity contribution in [3.8, 4) is 5.75 Å². The molecule has 0 aromatic heterocycles. The molecule has 0 saturated carbocycles. The minimum absolute atomic E-state index is 0.319. The molecule has 2 rings (SSSR count). The summed E-state index contributed by atoms with van der Waals surface area (Å²) in [6, 6.07) is 13.1. The van der Waals surface area contributed by atoms with Crippen LogP contribution in [-0.2, 0) is 0 Å². The zero-order valence-electron chi connectivity index (χ0n) is 14.5. The van der Waals surface area contributed by atoms with Crippen molar-refractivity contribution in [1.82, 2.24) is 0 Å². The maximum atomic E-state index is 12.1. The largest absolute Gasteiger partial charge is 0.458 e. The van der Waals surface area contributed by atoms with Crippen molar-refractivity contribution < 1.29 is 13.9 Å². The van der Waals surface area contributed by atoms with Gasteiger partial charge in [-0.3, -0.25) is 4.79 Å². The van der Waals surface area contributed by atoms with E-state index in [-0.39, 0.29) is 5.82 Å². The Morgan fingerprint density at radius 2 is 1.80 bits per heavy atom. The van der Waals surface area contributed by atoms with Gasteiger partial charge in [0.25, 0.3) is 0 Å². The van der Waals surface area contributed by atoms with Crippen LogP contribution in [0, 0.1) is 5.82 Å². The van der Waals surface area contributed by atoms with Crippen LogP contribution in [0.25, 0.3) is 0 Å². The zero-order valence-corrected chi connectivity index (χ0v) is 14.5. The molecule has 2 aromatic carbocycles. The quantitative estimate of drug-likeness (QED) is 0.435. The van der Waals surface area contributed by atoms with E-state index in [0.717, 1.165) is 17.0 Å². The molecule has 0 fully saturated rings. The van der Waals surface area contributed by atoms with E-state index in [4.69, 9.17) is 4.74 Å². The average molecular weight is 339 g/mol. The third-order valence-electron chi connectivity index (χ3n) is 2.93. The normalized spacial score (nSPS) is 9.72. The minimum atomic E-state index is -0.319. The topological polar surface area (TPSA) is 38.3 Å². The van der Waals surface area contributed by atoms with Crippen LogP contribution < -0.4 is 10.1 Å². The maximum absolute atomic E-state index is 12.1. The second kappa shape index (κ2) is 10.6. The molecule has 0 atom stereocenters. The molecule has 0 aliphatic carbocycles. The van der Waals surface area contributed by atoms with Crippen molar-refractivity contribution in [2.45, 2.75) is 6.92 Å². The van der Waals surface area contributed by atoms with Gasteiger partial charge >= 0.3 is 0 Å². The van der Waals surface area contributed by atoms with E-state index in [9.17, 15) is 9.18 Å². The molecule has 0 aliphatic heterocycles. The van der Waals surface area contributed by atoms with Crippen LogP contribution in [0.1, 0.15) is 17.3 Å². The Bertz CT molecular complexity index is 749. The van der Waals surface area contributed by atoms with Gasteiger partial charge in [-0.25, -0.2) is 4.39 Å². The molecule has 1 N–H and O–H groups in total. The predicted octanol–water partition coefficient (Wildman–Crippen LogP) is 5.39. The molecule has 4 heteroatoms. The standard InChI is InChI=1S/C14H17NO.C7H5FO/c1-11(2)8-9-12(3)16-14-7-5-6-13(10-14)15-4;8-7-3-1-6(5-9)2-4-7/h5-10,15H,1,3H2,2,4H3;1-5H/b9-8-;. The van der Waals surface area contributed by atoms with Crippen molar-refractivity contribution in [3.05, 3.63) is 96.6 Å². The third-order valence-corrected chi connectivity index (χ3v) is 2.93. The first kappa shape index (κ1) is 19.9. The summed E-state index contributed by atoms with van der Waals surface area (Å²) < 4.78 is 17.7. The second-order valence-electron chi connectivity index (χ2n) is 5.20. The summed E-state index contributed by atoms with van der Waals surface area (Å²) in [5, 5.41) is 3.05. The number of halogens is 1. The molecule has 0 saturated heterocycles. The van der Waals surface area contributed by atoms with Gasteiger partial charge in [0, 0.05) is 24.4 Å². The number of ether oxygens (including phenoxy) is 1. The maximum Gasteiger partial charge on any atom is 0.150 e. The Morgan fingerprint density at radius 3 is 2.36 bits per heavy atom. The van der Waals surface area contributed by atoms with Gasteiger partial charge in [0.15, 0.2) is 0 Å². The molecular formula is C21H22FNO2. The Kier molecular flexibility index (Phi) is 8.44. The summed E-state index contributed by atoms with van der Waals surface area (Å²) in [6.45, 7) is 9.50. The van der Waals surface area contributed by atoms with Crippen molar-refractivity contribution >= 4 is 12.0 Å². The first-order valence-electron chi connectivity index (χ1n) is 7.63. The number of nitrogens with one attached hydrogen (secondary N) is 1. The summed E-state index contributed by atoms with van der Waals surface area (Å²) in [4.78, 5) is 10.00. The molecule has 130 valence electrons. The summed E-state index contributed by atoms with van der Waals surface area (Å²) in [6.07, 6.45) is 4.35. The lowest BCUT2D eigenvalue weighted by atomic mass is 10.2. The number of aldehydes is 1. The molecule has 0 spiro atoms. The van der Waals surface area contributed by atoms with Gasteiger partial charge in [0.1, 0.15) is 23.6 Å². The number of hydrogen-bond donors (Lipinski definition) is 1. The molecule has 3 nitrogen and oxygen atoms in total. The molecule has 0 bridgehead atoms. The molecule has 2 aromatic rings. The summed E-state index contributed by atoms with van der Waals surface area (Å²) >= 11 is 0. The smallest absolute Gasteiger partial charge is 0.150 e. The van der Waals surface area contributed by atoms with Gasteiger partial charge in [-0.2, -0.15) is 0 Å². The number of carbonyl (C=O) groups excluding carboxylic acids is 1. The molecule has 0 aliphatic rings. The lowest BCUT2D eigenvalue weighted by molar-refractivity contribution is 0.112. The van der Waals surface area contributed by atoms with Gasteiger partial charge in [0.05, 0.1) is 0 Å². The number of rotatable bonds is 6. The van der Waals surface area contributed by atoms with Crippen LogP contribution in [0.5, 0.6) is 5.75 Å². The van der Waals surface area contributed by atoms with Gasteiger partial charge in [0.2, 0.25) is 0 Å². The van der Waals surface area contributed by atoms with Gasteiger partial charge in [-0.05, 0) is 49.4 Å². The van der Waals surface area contributed by atoms with Crippen molar-refractivity contribution in [3.63, 3.8) is 0 Å². The van der Waals surface area contributed by atoms with E-state index < -0.39 is 0 Å². The monoisotopic (exact) mass is 339 g/mol. The van der Waals surface area contributed by atoms with Crippen LogP contribution in [0.3, 0.4) is 0 Å². The number of hydrogen-bond acceptors (Lipinski definition) is 3. The molecule has 0 unspecified atom stereocenters.